The van der Waals surface area contributed by atoms with Crippen LogP contribution < -0.4 is 0 Å². The molecule has 0 unspecified atom stereocenters. The normalized spacial score (nSPS) is 19.6. The molecule has 0 saturated carbocycles. The molecule has 29 heavy (non-hydrogen) atoms. The number of sulfone groups is 1. The minimum Gasteiger partial charge on any atom is -0.308 e. The van der Waals surface area contributed by atoms with E-state index in [2.05, 4.69) is 11.2 Å². The summed E-state index contributed by atoms with van der Waals surface area (Å²) in [7, 11) is -4.00. The van der Waals surface area contributed by atoms with Crippen LogP contribution in [0.1, 0.15) is 48.9 Å². The fourth-order valence-electron chi connectivity index (χ4n) is 4.52. The van der Waals surface area contributed by atoms with Crippen LogP contribution in [0.2, 0.25) is 0 Å². The monoisotopic (exact) mass is 421 g/mol. The third-order valence-corrected chi connectivity index (χ3v) is 7.37. The molecule has 7 heteroatoms. The van der Waals surface area contributed by atoms with E-state index in [4.69, 9.17) is 8.22 Å². The van der Waals surface area contributed by atoms with Gasteiger partial charge in [0.15, 0.2) is 10.8 Å². The summed E-state index contributed by atoms with van der Waals surface area (Å²) in [6.07, 6.45) is 7.38. The molecule has 156 valence electrons. The van der Waals surface area contributed by atoms with Crippen LogP contribution in [0, 0.1) is 0 Å². The van der Waals surface area contributed by atoms with Gasteiger partial charge < -0.3 is 4.90 Å². The Balaban J connectivity index is 1.44. The number of ketones is 1. The van der Waals surface area contributed by atoms with Crippen molar-refractivity contribution >= 4 is 15.6 Å². The Labute approximate surface area is 181 Å². The van der Waals surface area contributed by atoms with Gasteiger partial charge in [-0.25, -0.2) is 8.42 Å². The third-order valence-electron chi connectivity index (χ3n) is 5.81. The topological polar surface area (TPSA) is 72.3 Å². The van der Waals surface area contributed by atoms with E-state index in [0.29, 0.717) is 4.90 Å². The Morgan fingerprint density at radius 1 is 1.17 bits per heavy atom. The molecule has 1 aromatic carbocycles. The Bertz CT molecular complexity index is 1190. The number of carbonyl (C=O) groups is 1. The van der Waals surface area contributed by atoms with E-state index in [-0.39, 0.29) is 30.3 Å². The van der Waals surface area contributed by atoms with Gasteiger partial charge in [-0.2, -0.15) is 5.10 Å². The third kappa shape index (κ3) is 4.31. The average molecular weight is 422 g/mol. The minimum absolute atomic E-state index is 0.0948. The summed E-state index contributed by atoms with van der Waals surface area (Å²) in [5.41, 5.74) is 6.03. The number of hydrogen-bond acceptors (Lipinski definition) is 5. The predicted octanol–water partition coefficient (Wildman–Crippen LogP) is 2.01. The molecular formula is C22H29N3O3S. The van der Waals surface area contributed by atoms with Crippen molar-refractivity contribution in [3.8, 4) is 0 Å². The second-order valence-electron chi connectivity index (χ2n) is 7.88. The van der Waals surface area contributed by atoms with E-state index in [1.54, 1.807) is 0 Å². The zero-order valence-corrected chi connectivity index (χ0v) is 17.1. The molecule has 6 nitrogen and oxygen atoms in total. The molecule has 1 heterocycles. The van der Waals surface area contributed by atoms with Crippen LogP contribution in [0.15, 0.2) is 23.4 Å². The molecule has 0 saturated heterocycles. The summed E-state index contributed by atoms with van der Waals surface area (Å²) < 4.78 is 71.4. The van der Waals surface area contributed by atoms with Gasteiger partial charge in [0.2, 0.25) is 9.84 Å². The summed E-state index contributed by atoms with van der Waals surface area (Å²) >= 11 is 0. The predicted molar refractivity (Wildman–Crippen MR) is 112 cm³/mol. The van der Waals surface area contributed by atoms with E-state index >= 15 is 0 Å². The van der Waals surface area contributed by atoms with Crippen LogP contribution in [0.5, 0.6) is 0 Å². The minimum atomic E-state index is -4.00. The summed E-state index contributed by atoms with van der Waals surface area (Å²) in [6, 6.07) is 3.51. The SMILES string of the molecule is [2H]C([2H])([2H])N(CCn1ccc(S(=O)(=O)CC(=O)Cc2c3c(cc4c2CCC4)CCC3)n1)C([2H])([2H])[2H]. The van der Waals surface area contributed by atoms with Gasteiger partial charge in [-0.3, -0.25) is 9.48 Å². The zero-order valence-electron chi connectivity index (χ0n) is 22.3. The molecule has 4 rings (SSSR count). The summed E-state index contributed by atoms with van der Waals surface area (Å²) in [4.78, 5) is 13.3. The molecular weight excluding hydrogens is 386 g/mol. The maximum Gasteiger partial charge on any atom is 0.204 e. The van der Waals surface area contributed by atoms with Gasteiger partial charge in [0, 0.05) is 27.4 Å². The molecule has 0 atom stereocenters. The van der Waals surface area contributed by atoms with Crippen molar-refractivity contribution in [3.63, 3.8) is 0 Å². The Hall–Kier alpha value is -1.99. The smallest absolute Gasteiger partial charge is 0.204 e. The Kier molecular flexibility index (Phi) is 3.90. The van der Waals surface area contributed by atoms with Crippen molar-refractivity contribution in [2.75, 3.05) is 26.2 Å². The lowest BCUT2D eigenvalue weighted by molar-refractivity contribution is -0.116. The highest BCUT2D eigenvalue weighted by atomic mass is 32.2. The van der Waals surface area contributed by atoms with Gasteiger partial charge in [0.1, 0.15) is 5.75 Å². The first-order valence-corrected chi connectivity index (χ1v) is 11.6. The van der Waals surface area contributed by atoms with Crippen molar-refractivity contribution in [2.24, 2.45) is 0 Å². The van der Waals surface area contributed by atoms with Crippen molar-refractivity contribution in [1.29, 1.82) is 0 Å². The lowest BCUT2D eigenvalue weighted by atomic mass is 9.91. The number of Topliss-reactive ketones (excluding diaryl/α,β-unsaturated/α-hetero) is 1. The number of nitrogens with zero attached hydrogens (tertiary/aromatic N) is 3. The van der Waals surface area contributed by atoms with E-state index in [0.717, 1.165) is 44.1 Å². The zero-order chi connectivity index (χ0) is 25.6. The lowest BCUT2D eigenvalue weighted by Gasteiger charge is -2.14. The summed E-state index contributed by atoms with van der Waals surface area (Å²) in [5, 5.41) is 3.69. The molecule has 0 spiro atoms. The van der Waals surface area contributed by atoms with Crippen LogP contribution in [0.4, 0.5) is 0 Å². The number of aromatic nitrogens is 2. The molecule has 2 aliphatic rings. The van der Waals surface area contributed by atoms with Gasteiger partial charge >= 0.3 is 0 Å². The first-order valence-electron chi connectivity index (χ1n) is 13.0. The number of likely N-dealkylation sites (N-methyl/N-ethyl adjacent to an activating group) is 1. The highest BCUT2D eigenvalue weighted by Crippen LogP contribution is 2.35. The largest absolute Gasteiger partial charge is 0.308 e. The van der Waals surface area contributed by atoms with Gasteiger partial charge in [-0.15, -0.1) is 0 Å². The number of aryl methyl sites for hydroxylation is 2. The number of fused-ring (bicyclic) bond motifs is 2. The van der Waals surface area contributed by atoms with Crippen molar-refractivity contribution < 1.29 is 21.4 Å². The van der Waals surface area contributed by atoms with Gasteiger partial charge in [-0.05, 0) is 86.4 Å². The van der Waals surface area contributed by atoms with E-state index in [1.807, 2.05) is 0 Å². The van der Waals surface area contributed by atoms with Crippen LogP contribution >= 0.6 is 0 Å². The molecule has 0 aliphatic heterocycles. The van der Waals surface area contributed by atoms with E-state index < -0.39 is 29.5 Å². The molecule has 0 amide bonds. The van der Waals surface area contributed by atoms with Crippen molar-refractivity contribution in [2.45, 2.75) is 56.5 Å². The molecule has 0 N–H and O–H groups in total. The second kappa shape index (κ2) is 8.03. The van der Waals surface area contributed by atoms with E-state index in [9.17, 15) is 13.2 Å². The number of carbonyl (C=O) groups excluding carboxylic acids is 1. The van der Waals surface area contributed by atoms with Crippen molar-refractivity contribution in [3.05, 3.63) is 46.1 Å². The molecule has 0 fully saturated rings. The van der Waals surface area contributed by atoms with Crippen LogP contribution in [-0.2, 0) is 53.3 Å². The van der Waals surface area contributed by atoms with Crippen LogP contribution in [-0.4, -0.2) is 55.1 Å². The quantitative estimate of drug-likeness (QED) is 0.652. The lowest BCUT2D eigenvalue weighted by Crippen LogP contribution is -2.21. The van der Waals surface area contributed by atoms with E-state index in [1.165, 1.54) is 39.2 Å². The number of rotatable bonds is 8. The fraction of sp³-hybridized carbons (Fsp3) is 0.545. The number of benzene rings is 1. The molecule has 1 aromatic heterocycles. The fourth-order valence-corrected chi connectivity index (χ4v) is 5.69. The second-order valence-corrected chi connectivity index (χ2v) is 9.82. The average Bonchev–Trinajstić information content (AvgIpc) is 3.45. The molecule has 2 aliphatic carbocycles. The van der Waals surface area contributed by atoms with Crippen LogP contribution in [0.25, 0.3) is 0 Å². The standard InChI is InChI=1S/C22H29N3O3S/c1-24(2)11-12-25-10-9-22(23-25)29(27,28)15-18(26)14-21-19-7-3-5-16(19)13-17-6-4-8-20(17)21/h9-10,13H,3-8,11-12,14-15H2,1-2H3/i1D3,2D3. The number of hydrogen-bond donors (Lipinski definition) is 0. The Morgan fingerprint density at radius 2 is 1.86 bits per heavy atom. The first-order chi connectivity index (χ1) is 16.3. The van der Waals surface area contributed by atoms with Crippen molar-refractivity contribution in [1.82, 2.24) is 14.7 Å². The molecule has 0 radical (unpaired) electrons. The maximum atomic E-state index is 12.9. The Morgan fingerprint density at radius 3 is 2.52 bits per heavy atom. The first kappa shape index (κ1) is 14.1. The van der Waals surface area contributed by atoms with Gasteiger partial charge in [0.25, 0.3) is 0 Å². The summed E-state index contributed by atoms with van der Waals surface area (Å²) in [6.45, 7) is -6.19. The van der Waals surface area contributed by atoms with Crippen LogP contribution in [0.3, 0.4) is 0 Å². The highest BCUT2D eigenvalue weighted by Gasteiger charge is 2.27. The van der Waals surface area contributed by atoms with Gasteiger partial charge in [-0.1, -0.05) is 6.07 Å². The van der Waals surface area contributed by atoms with Gasteiger partial charge in [0.05, 0.1) is 6.54 Å². The highest BCUT2D eigenvalue weighted by molar-refractivity contribution is 7.92. The molecule has 2 aromatic rings. The summed E-state index contributed by atoms with van der Waals surface area (Å²) in [5.74, 6) is -1.05. The maximum absolute atomic E-state index is 12.9. The molecule has 0 bridgehead atoms.